The average molecular weight is 490 g/mol. The largest absolute Gasteiger partial charge is 0.355 e. The third-order valence-electron chi connectivity index (χ3n) is 4.36. The molecule has 7 heteroatoms. The Hall–Kier alpha value is -0.960. The number of thioether (sulfide) groups is 1. The number of rotatable bonds is 6. The molecule has 0 spiro atoms. The highest BCUT2D eigenvalue weighted by atomic mass is 127. The summed E-state index contributed by atoms with van der Waals surface area (Å²) in [5.41, 5.74) is 1.98. The normalized spacial score (nSPS) is 19.8. The number of nitrogens with zero attached hydrogens (tertiary/aromatic N) is 1. The molecule has 26 heavy (non-hydrogen) atoms. The summed E-state index contributed by atoms with van der Waals surface area (Å²) in [4.78, 5) is 16.0. The molecule has 3 N–H and O–H groups in total. The molecule has 1 atom stereocenters. The second kappa shape index (κ2) is 11.0. The lowest BCUT2D eigenvalue weighted by atomic mass is 10.1. The molecule has 0 aliphatic carbocycles. The van der Waals surface area contributed by atoms with E-state index in [1.165, 1.54) is 18.6 Å². The first-order valence-electron chi connectivity index (χ1n) is 8.90. The summed E-state index contributed by atoms with van der Waals surface area (Å²) in [6.45, 7) is 7.71. The Kier molecular flexibility index (Phi) is 9.78. The van der Waals surface area contributed by atoms with Crippen LogP contribution in [0, 0.1) is 5.92 Å². The third-order valence-corrected chi connectivity index (χ3v) is 5.90. The van der Waals surface area contributed by atoms with Crippen LogP contribution >= 0.6 is 35.7 Å². The van der Waals surface area contributed by atoms with Gasteiger partial charge in [-0.05, 0) is 43.2 Å². The summed E-state index contributed by atoms with van der Waals surface area (Å²) in [6.07, 6.45) is 2.56. The molecular formula is C19H31IN4OS. The van der Waals surface area contributed by atoms with Crippen LogP contribution in [0.4, 0.5) is 5.69 Å². The molecule has 5 nitrogen and oxygen atoms in total. The maximum absolute atomic E-state index is 11.7. The quantitative estimate of drug-likeness (QED) is 0.322. The van der Waals surface area contributed by atoms with Gasteiger partial charge in [0.2, 0.25) is 5.91 Å². The monoisotopic (exact) mass is 490 g/mol. The predicted octanol–water partition coefficient (Wildman–Crippen LogP) is 3.85. The van der Waals surface area contributed by atoms with Gasteiger partial charge < -0.3 is 16.0 Å². The number of amides is 1. The zero-order valence-corrected chi connectivity index (χ0v) is 19.2. The van der Waals surface area contributed by atoms with E-state index in [0.29, 0.717) is 11.3 Å². The van der Waals surface area contributed by atoms with E-state index in [0.717, 1.165) is 23.8 Å². The zero-order valence-electron chi connectivity index (χ0n) is 16.1. The Morgan fingerprint density at radius 1 is 1.27 bits per heavy atom. The topological polar surface area (TPSA) is 65.5 Å². The van der Waals surface area contributed by atoms with Gasteiger partial charge in [-0.15, -0.1) is 24.0 Å². The van der Waals surface area contributed by atoms with Gasteiger partial charge in [0, 0.05) is 36.5 Å². The number of nitrogens with one attached hydrogen (secondary N) is 3. The van der Waals surface area contributed by atoms with Crippen molar-refractivity contribution in [1.82, 2.24) is 10.6 Å². The molecule has 0 aromatic heterocycles. The van der Waals surface area contributed by atoms with Gasteiger partial charge in [0.25, 0.3) is 0 Å². The van der Waals surface area contributed by atoms with Crippen LogP contribution in [0.25, 0.3) is 0 Å². The van der Waals surface area contributed by atoms with Crippen LogP contribution in [0.15, 0.2) is 29.3 Å². The molecule has 0 radical (unpaired) electrons. The van der Waals surface area contributed by atoms with Crippen molar-refractivity contribution in [2.45, 2.75) is 44.9 Å². The molecule has 1 heterocycles. The van der Waals surface area contributed by atoms with Crippen molar-refractivity contribution in [3.63, 3.8) is 0 Å². The van der Waals surface area contributed by atoms with Crippen LogP contribution in [0.2, 0.25) is 0 Å². The van der Waals surface area contributed by atoms with Crippen LogP contribution in [0.5, 0.6) is 0 Å². The number of carbonyl (C=O) groups excluding carboxylic acids is 1. The van der Waals surface area contributed by atoms with E-state index in [1.54, 1.807) is 7.05 Å². The highest BCUT2D eigenvalue weighted by Gasteiger charge is 2.29. The molecule has 1 aromatic rings. The molecule has 1 saturated heterocycles. The lowest BCUT2D eigenvalue weighted by molar-refractivity contribution is -0.118. The van der Waals surface area contributed by atoms with E-state index in [4.69, 9.17) is 0 Å². The van der Waals surface area contributed by atoms with Crippen LogP contribution in [0.3, 0.4) is 0 Å². The minimum absolute atomic E-state index is 0. The van der Waals surface area contributed by atoms with Crippen LogP contribution < -0.4 is 16.0 Å². The fraction of sp³-hybridized carbons (Fsp3) is 0.579. The van der Waals surface area contributed by atoms with Gasteiger partial charge >= 0.3 is 0 Å². The lowest BCUT2D eigenvalue weighted by Gasteiger charge is -2.24. The minimum atomic E-state index is -0.0179. The minimum Gasteiger partial charge on any atom is -0.355 e. The van der Waals surface area contributed by atoms with Crippen molar-refractivity contribution >= 4 is 53.3 Å². The average Bonchev–Trinajstić information content (AvgIpc) is 3.03. The Morgan fingerprint density at radius 3 is 2.50 bits per heavy atom. The number of carbonyl (C=O) groups is 1. The molecule has 1 aromatic carbocycles. The lowest BCUT2D eigenvalue weighted by Crippen LogP contribution is -2.43. The van der Waals surface area contributed by atoms with Gasteiger partial charge in [0.05, 0.1) is 0 Å². The highest BCUT2D eigenvalue weighted by Crippen LogP contribution is 2.36. The highest BCUT2D eigenvalue weighted by molar-refractivity contribution is 14.0. The van der Waals surface area contributed by atoms with Crippen molar-refractivity contribution in [3.8, 4) is 0 Å². The van der Waals surface area contributed by atoms with Gasteiger partial charge in [-0.3, -0.25) is 9.79 Å². The summed E-state index contributed by atoms with van der Waals surface area (Å²) in [6, 6.07) is 7.90. The SMILES string of the molecule is CN=C(NCc1ccc(NC(=O)C(C)C)cc1)NCC1(C)CCCS1.I. The zero-order chi connectivity index (χ0) is 18.3. The Morgan fingerprint density at radius 2 is 1.96 bits per heavy atom. The van der Waals surface area contributed by atoms with Crippen molar-refractivity contribution in [2.75, 3.05) is 24.7 Å². The van der Waals surface area contributed by atoms with Crippen molar-refractivity contribution in [1.29, 1.82) is 0 Å². The van der Waals surface area contributed by atoms with E-state index in [9.17, 15) is 4.79 Å². The van der Waals surface area contributed by atoms with E-state index < -0.39 is 0 Å². The number of benzene rings is 1. The summed E-state index contributed by atoms with van der Waals surface area (Å²) in [5.74, 6) is 2.10. The Bertz CT molecular complexity index is 598. The standard InChI is InChI=1S/C19H30N4OS.HI/c1-14(2)17(24)23-16-8-6-15(7-9-16)12-21-18(20-4)22-13-19(3)10-5-11-25-19;/h6-9,14H,5,10-13H2,1-4H3,(H,23,24)(H2,20,21,22);1H. The van der Waals surface area contributed by atoms with Crippen molar-refractivity contribution < 1.29 is 4.79 Å². The van der Waals surface area contributed by atoms with Crippen molar-refractivity contribution in [3.05, 3.63) is 29.8 Å². The van der Waals surface area contributed by atoms with Crippen molar-refractivity contribution in [2.24, 2.45) is 10.9 Å². The molecule has 1 unspecified atom stereocenters. The number of halogens is 1. The van der Waals surface area contributed by atoms with Crippen LogP contribution in [-0.4, -0.2) is 36.0 Å². The van der Waals surface area contributed by atoms with Gasteiger partial charge in [-0.2, -0.15) is 11.8 Å². The summed E-state index contributed by atoms with van der Waals surface area (Å²) >= 11 is 2.04. The molecule has 0 bridgehead atoms. The molecule has 1 fully saturated rings. The van der Waals surface area contributed by atoms with E-state index in [-0.39, 0.29) is 35.8 Å². The number of hydrogen-bond acceptors (Lipinski definition) is 3. The summed E-state index contributed by atoms with van der Waals surface area (Å²) < 4.78 is 0.313. The van der Waals surface area contributed by atoms with Crippen LogP contribution in [-0.2, 0) is 11.3 Å². The number of hydrogen-bond donors (Lipinski definition) is 3. The van der Waals surface area contributed by atoms with E-state index in [1.807, 2.05) is 49.9 Å². The first-order valence-corrected chi connectivity index (χ1v) is 9.89. The van der Waals surface area contributed by atoms with Crippen LogP contribution in [0.1, 0.15) is 39.2 Å². The smallest absolute Gasteiger partial charge is 0.226 e. The van der Waals surface area contributed by atoms with Gasteiger partial charge in [0.1, 0.15) is 0 Å². The fourth-order valence-electron chi connectivity index (χ4n) is 2.65. The number of aliphatic imine (C=N–C) groups is 1. The molecule has 1 amide bonds. The number of guanidine groups is 1. The Balaban J connectivity index is 0.00000338. The molecular weight excluding hydrogens is 459 g/mol. The maximum Gasteiger partial charge on any atom is 0.226 e. The second-order valence-electron chi connectivity index (χ2n) is 7.02. The van der Waals surface area contributed by atoms with Gasteiger partial charge in [-0.25, -0.2) is 0 Å². The molecule has 1 aliphatic rings. The van der Waals surface area contributed by atoms with E-state index in [2.05, 4.69) is 27.9 Å². The van der Waals surface area contributed by atoms with Gasteiger partial charge in [0.15, 0.2) is 5.96 Å². The Labute approximate surface area is 178 Å². The first kappa shape index (κ1) is 23.1. The second-order valence-corrected chi connectivity index (χ2v) is 8.70. The molecule has 1 aliphatic heterocycles. The van der Waals surface area contributed by atoms with Gasteiger partial charge in [-0.1, -0.05) is 26.0 Å². The first-order chi connectivity index (χ1) is 11.9. The molecule has 2 rings (SSSR count). The summed E-state index contributed by atoms with van der Waals surface area (Å²) in [7, 11) is 1.80. The maximum atomic E-state index is 11.7. The summed E-state index contributed by atoms with van der Waals surface area (Å²) in [5, 5.41) is 9.68. The number of anilines is 1. The van der Waals surface area contributed by atoms with E-state index >= 15 is 0 Å². The third kappa shape index (κ3) is 7.34. The predicted molar refractivity (Wildman–Crippen MR) is 124 cm³/mol. The molecule has 0 saturated carbocycles. The fourth-order valence-corrected chi connectivity index (χ4v) is 3.89. The molecule has 146 valence electrons.